The van der Waals surface area contributed by atoms with Gasteiger partial charge in [-0.2, -0.15) is 39.5 Å². The molecule has 12 heteroatoms. The van der Waals surface area contributed by atoms with Crippen LogP contribution in [0.2, 0.25) is 0 Å². The van der Waals surface area contributed by atoms with Crippen molar-refractivity contribution in [1.82, 2.24) is 14.8 Å². The number of rotatable bonds is 3. The van der Waals surface area contributed by atoms with Gasteiger partial charge in [-0.3, -0.25) is 4.57 Å². The fraction of sp³-hybridized carbons (Fsp3) is 0.167. The Morgan fingerprint density at radius 1 is 0.556 bits per heavy atom. The van der Waals surface area contributed by atoms with Gasteiger partial charge in [0.2, 0.25) is 0 Å². The van der Waals surface area contributed by atoms with Crippen LogP contribution < -0.4 is 0 Å². The van der Waals surface area contributed by atoms with Crippen molar-refractivity contribution in [2.45, 2.75) is 25.5 Å². The first-order valence-corrected chi connectivity index (χ1v) is 10.1. The van der Waals surface area contributed by atoms with Gasteiger partial charge in [-0.05, 0) is 54.4 Å². The lowest BCUT2D eigenvalue weighted by Crippen LogP contribution is -2.11. The summed E-state index contributed by atoms with van der Waals surface area (Å²) in [7, 11) is 0. The maximum atomic E-state index is 13.2. The number of alkyl halides is 9. The molecule has 0 saturated heterocycles. The summed E-state index contributed by atoms with van der Waals surface area (Å²) in [5, 5.41) is 7.88. The molecule has 4 rings (SSSR count). The van der Waals surface area contributed by atoms with E-state index >= 15 is 0 Å². The van der Waals surface area contributed by atoms with Gasteiger partial charge < -0.3 is 0 Å². The fourth-order valence-corrected chi connectivity index (χ4v) is 3.61. The second-order valence-corrected chi connectivity index (χ2v) is 7.83. The number of halogens is 9. The first kappa shape index (κ1) is 25.3. The van der Waals surface area contributed by atoms with Gasteiger partial charge in [-0.1, -0.05) is 30.3 Å². The molecule has 0 N–H and O–H groups in total. The second kappa shape index (κ2) is 8.68. The van der Waals surface area contributed by atoms with E-state index in [2.05, 4.69) is 10.2 Å². The van der Waals surface area contributed by atoms with E-state index in [0.29, 0.717) is 17.7 Å². The standard InChI is InChI=1S/C24H14F9N3/c1-13-34-35-21(36(13)20-4-2-3-17(12-20)22(25,26)27)15-7-5-14(6-8-15)16-9-18(23(28,29)30)11-19(10-16)24(31,32)33/h2-12H,1H3. The molecule has 0 spiro atoms. The first-order valence-electron chi connectivity index (χ1n) is 10.1. The Morgan fingerprint density at radius 3 is 1.61 bits per heavy atom. The van der Waals surface area contributed by atoms with Crippen LogP contribution in [-0.2, 0) is 18.5 Å². The van der Waals surface area contributed by atoms with Gasteiger partial charge >= 0.3 is 18.5 Å². The monoisotopic (exact) mass is 515 g/mol. The quantitative estimate of drug-likeness (QED) is 0.259. The average molecular weight is 515 g/mol. The third-order valence-corrected chi connectivity index (χ3v) is 5.32. The van der Waals surface area contributed by atoms with Crippen molar-refractivity contribution >= 4 is 0 Å². The van der Waals surface area contributed by atoms with Crippen molar-refractivity contribution < 1.29 is 39.5 Å². The zero-order chi connectivity index (χ0) is 26.5. The Kier molecular flexibility index (Phi) is 6.09. The van der Waals surface area contributed by atoms with Crippen LogP contribution in [0.4, 0.5) is 39.5 Å². The van der Waals surface area contributed by atoms with Gasteiger partial charge in [0.1, 0.15) is 5.82 Å². The SMILES string of the molecule is Cc1nnc(-c2ccc(-c3cc(C(F)(F)F)cc(C(F)(F)F)c3)cc2)n1-c1cccc(C(F)(F)F)c1. The van der Waals surface area contributed by atoms with Crippen LogP contribution in [-0.4, -0.2) is 14.8 Å². The Morgan fingerprint density at radius 2 is 1.08 bits per heavy atom. The third-order valence-electron chi connectivity index (χ3n) is 5.32. The Labute approximate surface area is 197 Å². The van der Waals surface area contributed by atoms with Crippen LogP contribution in [0.5, 0.6) is 0 Å². The molecule has 0 aliphatic carbocycles. The molecular formula is C24H14F9N3. The topological polar surface area (TPSA) is 30.7 Å². The molecule has 188 valence electrons. The molecule has 0 saturated carbocycles. The van der Waals surface area contributed by atoms with Gasteiger partial charge in [0.25, 0.3) is 0 Å². The third kappa shape index (κ3) is 5.07. The molecule has 0 fully saturated rings. The normalized spacial score (nSPS) is 12.7. The van der Waals surface area contributed by atoms with Crippen molar-refractivity contribution in [2.75, 3.05) is 0 Å². The van der Waals surface area contributed by atoms with Crippen LogP contribution in [0.1, 0.15) is 22.5 Å². The Hall–Kier alpha value is -3.83. The summed E-state index contributed by atoms with van der Waals surface area (Å²) >= 11 is 0. The van der Waals surface area contributed by atoms with Gasteiger partial charge in [0, 0.05) is 11.3 Å². The first-order chi connectivity index (χ1) is 16.6. The molecule has 1 aromatic heterocycles. The highest BCUT2D eigenvalue weighted by Gasteiger charge is 2.37. The van der Waals surface area contributed by atoms with Crippen molar-refractivity contribution in [3.05, 3.63) is 89.2 Å². The smallest absolute Gasteiger partial charge is 0.279 e. The summed E-state index contributed by atoms with van der Waals surface area (Å²) in [6.45, 7) is 1.52. The second-order valence-electron chi connectivity index (χ2n) is 7.83. The van der Waals surface area contributed by atoms with Crippen molar-refractivity contribution in [2.24, 2.45) is 0 Å². The molecule has 1 heterocycles. The predicted molar refractivity (Wildman–Crippen MR) is 112 cm³/mol. The zero-order valence-corrected chi connectivity index (χ0v) is 18.1. The molecule has 0 bridgehead atoms. The van der Waals surface area contributed by atoms with Crippen molar-refractivity contribution in [3.63, 3.8) is 0 Å². The van der Waals surface area contributed by atoms with E-state index in [1.54, 1.807) is 0 Å². The number of benzene rings is 3. The Bertz CT molecular complexity index is 1360. The number of hydrogen-bond donors (Lipinski definition) is 0. The van der Waals surface area contributed by atoms with Crippen LogP contribution >= 0.6 is 0 Å². The molecule has 0 amide bonds. The Balaban J connectivity index is 1.76. The minimum absolute atomic E-state index is 0.0399. The summed E-state index contributed by atoms with van der Waals surface area (Å²) in [5.41, 5.74) is -3.57. The lowest BCUT2D eigenvalue weighted by Gasteiger charge is -2.15. The summed E-state index contributed by atoms with van der Waals surface area (Å²) in [5.74, 6) is 0.402. The highest BCUT2D eigenvalue weighted by atomic mass is 19.4. The molecule has 0 aliphatic rings. The lowest BCUT2D eigenvalue weighted by molar-refractivity contribution is -0.143. The molecular weight excluding hydrogens is 501 g/mol. The van der Waals surface area contributed by atoms with Crippen LogP contribution in [0, 0.1) is 6.92 Å². The number of nitrogens with zero attached hydrogens (tertiary/aromatic N) is 3. The van der Waals surface area contributed by atoms with E-state index in [-0.39, 0.29) is 34.5 Å². The van der Waals surface area contributed by atoms with Crippen molar-refractivity contribution in [1.29, 1.82) is 0 Å². The molecule has 0 radical (unpaired) electrons. The summed E-state index contributed by atoms with van der Waals surface area (Å²) in [6, 6.07) is 11.1. The van der Waals surface area contributed by atoms with E-state index in [0.717, 1.165) is 12.1 Å². The summed E-state index contributed by atoms with van der Waals surface area (Å²) < 4.78 is 120. The number of aromatic nitrogens is 3. The molecule has 36 heavy (non-hydrogen) atoms. The van der Waals surface area contributed by atoms with Crippen molar-refractivity contribution in [3.8, 4) is 28.2 Å². The molecule has 0 unspecified atom stereocenters. The highest BCUT2D eigenvalue weighted by Crippen LogP contribution is 2.39. The molecule has 3 nitrogen and oxygen atoms in total. The predicted octanol–water partition coefficient (Wildman–Crippen LogP) is 7.97. The highest BCUT2D eigenvalue weighted by molar-refractivity contribution is 5.70. The van der Waals surface area contributed by atoms with Crippen LogP contribution in [0.3, 0.4) is 0 Å². The molecule has 0 aliphatic heterocycles. The zero-order valence-electron chi connectivity index (χ0n) is 18.1. The summed E-state index contributed by atoms with van der Waals surface area (Å²) in [6.07, 6.45) is -14.6. The maximum Gasteiger partial charge on any atom is 0.416 e. The van der Waals surface area contributed by atoms with Gasteiger partial charge in [-0.25, -0.2) is 0 Å². The number of hydrogen-bond acceptors (Lipinski definition) is 2. The number of aryl methyl sites for hydroxylation is 1. The molecule has 4 aromatic rings. The minimum Gasteiger partial charge on any atom is -0.279 e. The van der Waals surface area contributed by atoms with Gasteiger partial charge in [0.05, 0.1) is 16.7 Å². The minimum atomic E-state index is -4.99. The van der Waals surface area contributed by atoms with Crippen LogP contribution in [0.15, 0.2) is 66.7 Å². The lowest BCUT2D eigenvalue weighted by atomic mass is 9.98. The van der Waals surface area contributed by atoms with E-state index in [1.807, 2.05) is 0 Å². The largest absolute Gasteiger partial charge is 0.416 e. The molecule has 3 aromatic carbocycles. The molecule has 0 atom stereocenters. The average Bonchev–Trinajstić information content (AvgIpc) is 3.18. The van der Waals surface area contributed by atoms with E-state index in [4.69, 9.17) is 0 Å². The van der Waals surface area contributed by atoms with E-state index in [9.17, 15) is 39.5 Å². The van der Waals surface area contributed by atoms with E-state index < -0.39 is 35.2 Å². The van der Waals surface area contributed by atoms with Gasteiger partial charge in [-0.15, -0.1) is 10.2 Å². The van der Waals surface area contributed by atoms with Gasteiger partial charge in [0.15, 0.2) is 5.82 Å². The maximum absolute atomic E-state index is 13.2. The fourth-order valence-electron chi connectivity index (χ4n) is 3.61. The van der Waals surface area contributed by atoms with Crippen LogP contribution in [0.25, 0.3) is 28.2 Å². The van der Waals surface area contributed by atoms with E-state index in [1.165, 1.54) is 47.9 Å². The summed E-state index contributed by atoms with van der Waals surface area (Å²) in [4.78, 5) is 0.